The second-order valence-electron chi connectivity index (χ2n) is 4.00. The Hall–Kier alpha value is -1.02. The molecule has 3 heteroatoms. The van der Waals surface area contributed by atoms with Gasteiger partial charge in [0.15, 0.2) is 5.78 Å². The minimum Gasteiger partial charge on any atom is -0.375 e. The smallest absolute Gasteiger partial charge is 0.161 e. The van der Waals surface area contributed by atoms with Crippen LogP contribution >= 0.6 is 11.6 Å². The van der Waals surface area contributed by atoms with E-state index < -0.39 is 0 Å². The standard InChI is InChI=1S/C13H18ClNO/c1-4-5-8-15(3)11-6-7-12(10(2)16)13(14)9-11/h6-7,9H,4-5,8H2,1-3H3. The summed E-state index contributed by atoms with van der Waals surface area (Å²) in [4.78, 5) is 13.4. The molecule has 0 aliphatic rings. The van der Waals surface area contributed by atoms with E-state index in [1.807, 2.05) is 19.2 Å². The molecule has 1 aromatic rings. The van der Waals surface area contributed by atoms with E-state index in [2.05, 4.69) is 11.8 Å². The second kappa shape index (κ2) is 5.90. The number of hydrogen-bond acceptors (Lipinski definition) is 2. The molecular formula is C13H18ClNO. The van der Waals surface area contributed by atoms with Crippen LogP contribution in [0.25, 0.3) is 0 Å². The maximum absolute atomic E-state index is 11.2. The third-order valence-electron chi connectivity index (χ3n) is 2.62. The van der Waals surface area contributed by atoms with Gasteiger partial charge in [0.05, 0.1) is 5.02 Å². The van der Waals surface area contributed by atoms with Gasteiger partial charge in [0.2, 0.25) is 0 Å². The summed E-state index contributed by atoms with van der Waals surface area (Å²) in [5.41, 5.74) is 1.65. The van der Waals surface area contributed by atoms with Crippen LogP contribution in [0.3, 0.4) is 0 Å². The van der Waals surface area contributed by atoms with Gasteiger partial charge < -0.3 is 4.90 Å². The summed E-state index contributed by atoms with van der Waals surface area (Å²) in [6.45, 7) is 4.70. The van der Waals surface area contributed by atoms with Crippen LogP contribution < -0.4 is 4.90 Å². The molecule has 0 spiro atoms. The van der Waals surface area contributed by atoms with Crippen LogP contribution in [0, 0.1) is 0 Å². The fourth-order valence-corrected chi connectivity index (χ4v) is 1.86. The van der Waals surface area contributed by atoms with E-state index >= 15 is 0 Å². The van der Waals surface area contributed by atoms with E-state index in [-0.39, 0.29) is 5.78 Å². The number of Topliss-reactive ketones (excluding diaryl/α,β-unsaturated/α-hetero) is 1. The maximum Gasteiger partial charge on any atom is 0.161 e. The summed E-state index contributed by atoms with van der Waals surface area (Å²) in [6.07, 6.45) is 2.33. The topological polar surface area (TPSA) is 20.3 Å². The lowest BCUT2D eigenvalue weighted by molar-refractivity contribution is 0.101. The number of nitrogens with zero attached hydrogens (tertiary/aromatic N) is 1. The van der Waals surface area contributed by atoms with Crippen LogP contribution in [0.15, 0.2) is 18.2 Å². The molecule has 2 nitrogen and oxygen atoms in total. The molecule has 0 amide bonds. The lowest BCUT2D eigenvalue weighted by Crippen LogP contribution is -2.18. The van der Waals surface area contributed by atoms with Gasteiger partial charge in [-0.05, 0) is 31.5 Å². The molecule has 1 rings (SSSR count). The number of halogens is 1. The molecule has 0 aliphatic heterocycles. The molecule has 0 aromatic heterocycles. The SMILES string of the molecule is CCCCN(C)c1ccc(C(C)=O)c(Cl)c1. The lowest BCUT2D eigenvalue weighted by Gasteiger charge is -2.19. The normalized spacial score (nSPS) is 10.2. The van der Waals surface area contributed by atoms with Crippen molar-refractivity contribution < 1.29 is 4.79 Å². The Morgan fingerprint density at radius 2 is 2.12 bits per heavy atom. The van der Waals surface area contributed by atoms with Crippen LogP contribution in [-0.2, 0) is 0 Å². The largest absolute Gasteiger partial charge is 0.375 e. The van der Waals surface area contributed by atoms with Crippen LogP contribution in [0.1, 0.15) is 37.0 Å². The molecule has 0 heterocycles. The Bertz CT molecular complexity index is 376. The molecule has 0 radical (unpaired) electrons. The van der Waals surface area contributed by atoms with E-state index in [9.17, 15) is 4.79 Å². The lowest BCUT2D eigenvalue weighted by atomic mass is 10.1. The molecule has 0 N–H and O–H groups in total. The Balaban J connectivity index is 2.84. The highest BCUT2D eigenvalue weighted by molar-refractivity contribution is 6.34. The van der Waals surface area contributed by atoms with E-state index in [0.717, 1.165) is 18.7 Å². The molecule has 0 bridgehead atoms. The van der Waals surface area contributed by atoms with Crippen molar-refractivity contribution in [2.75, 3.05) is 18.5 Å². The summed E-state index contributed by atoms with van der Waals surface area (Å²) in [7, 11) is 2.04. The first-order chi connectivity index (χ1) is 7.56. The minimum atomic E-state index is 0.00719. The summed E-state index contributed by atoms with van der Waals surface area (Å²) in [5.74, 6) is 0.00719. The Kier molecular flexibility index (Phi) is 4.81. The Morgan fingerprint density at radius 3 is 2.62 bits per heavy atom. The number of rotatable bonds is 5. The molecule has 0 saturated heterocycles. The van der Waals surface area contributed by atoms with Crippen molar-refractivity contribution in [3.05, 3.63) is 28.8 Å². The molecule has 0 atom stereocenters. The zero-order valence-corrected chi connectivity index (χ0v) is 10.8. The quantitative estimate of drug-likeness (QED) is 0.729. The van der Waals surface area contributed by atoms with Gasteiger partial charge in [0.1, 0.15) is 0 Å². The number of anilines is 1. The third-order valence-corrected chi connectivity index (χ3v) is 2.93. The minimum absolute atomic E-state index is 0.00719. The predicted octanol–water partition coefficient (Wildman–Crippen LogP) is 3.78. The maximum atomic E-state index is 11.2. The number of ketones is 1. The second-order valence-corrected chi connectivity index (χ2v) is 4.40. The van der Waals surface area contributed by atoms with E-state index in [4.69, 9.17) is 11.6 Å². The zero-order chi connectivity index (χ0) is 12.1. The van der Waals surface area contributed by atoms with Crippen LogP contribution in [0.2, 0.25) is 5.02 Å². The first-order valence-electron chi connectivity index (χ1n) is 5.58. The molecule has 0 aliphatic carbocycles. The number of benzene rings is 1. The summed E-state index contributed by atoms with van der Waals surface area (Å²) < 4.78 is 0. The highest BCUT2D eigenvalue weighted by Gasteiger charge is 2.08. The van der Waals surface area contributed by atoms with Gasteiger partial charge in [-0.15, -0.1) is 0 Å². The van der Waals surface area contributed by atoms with Crippen molar-refractivity contribution in [2.24, 2.45) is 0 Å². The van der Waals surface area contributed by atoms with Crippen molar-refractivity contribution in [3.8, 4) is 0 Å². The average molecular weight is 240 g/mol. The zero-order valence-electron chi connectivity index (χ0n) is 10.1. The third kappa shape index (κ3) is 3.24. The van der Waals surface area contributed by atoms with Gasteiger partial charge in [-0.25, -0.2) is 0 Å². The highest BCUT2D eigenvalue weighted by Crippen LogP contribution is 2.23. The molecule has 0 saturated carbocycles. The average Bonchev–Trinajstić information content (AvgIpc) is 2.25. The van der Waals surface area contributed by atoms with Gasteiger partial charge in [0, 0.05) is 24.8 Å². The van der Waals surface area contributed by atoms with Gasteiger partial charge in [0.25, 0.3) is 0 Å². The fourth-order valence-electron chi connectivity index (χ4n) is 1.55. The fraction of sp³-hybridized carbons (Fsp3) is 0.462. The predicted molar refractivity (Wildman–Crippen MR) is 69.6 cm³/mol. The van der Waals surface area contributed by atoms with Crippen LogP contribution in [0.5, 0.6) is 0 Å². The highest BCUT2D eigenvalue weighted by atomic mass is 35.5. The summed E-state index contributed by atoms with van der Waals surface area (Å²) >= 11 is 6.05. The van der Waals surface area contributed by atoms with Crippen molar-refractivity contribution in [2.45, 2.75) is 26.7 Å². The van der Waals surface area contributed by atoms with E-state index in [1.54, 1.807) is 6.07 Å². The monoisotopic (exact) mass is 239 g/mol. The number of carbonyl (C=O) groups excluding carboxylic acids is 1. The van der Waals surface area contributed by atoms with E-state index in [1.165, 1.54) is 13.3 Å². The van der Waals surface area contributed by atoms with Gasteiger partial charge >= 0.3 is 0 Å². The number of hydrogen-bond donors (Lipinski definition) is 0. The number of unbranched alkanes of at least 4 members (excludes halogenated alkanes) is 1. The van der Waals surface area contributed by atoms with Crippen molar-refractivity contribution in [1.82, 2.24) is 0 Å². The molecule has 0 fully saturated rings. The van der Waals surface area contributed by atoms with Crippen LogP contribution in [-0.4, -0.2) is 19.4 Å². The van der Waals surface area contributed by atoms with Crippen LogP contribution in [0.4, 0.5) is 5.69 Å². The first-order valence-corrected chi connectivity index (χ1v) is 5.95. The Morgan fingerprint density at radius 1 is 1.44 bits per heavy atom. The molecule has 1 aromatic carbocycles. The van der Waals surface area contributed by atoms with Gasteiger partial charge in [-0.3, -0.25) is 4.79 Å². The molecule has 0 unspecified atom stereocenters. The van der Waals surface area contributed by atoms with Crippen molar-refractivity contribution in [1.29, 1.82) is 0 Å². The number of carbonyl (C=O) groups is 1. The Labute approximate surface area is 102 Å². The van der Waals surface area contributed by atoms with Gasteiger partial charge in [-0.1, -0.05) is 24.9 Å². The first kappa shape index (κ1) is 13.0. The van der Waals surface area contributed by atoms with Gasteiger partial charge in [-0.2, -0.15) is 0 Å². The van der Waals surface area contributed by atoms with Crippen molar-refractivity contribution >= 4 is 23.1 Å². The molecular weight excluding hydrogens is 222 g/mol. The van der Waals surface area contributed by atoms with Crippen molar-refractivity contribution in [3.63, 3.8) is 0 Å². The summed E-state index contributed by atoms with van der Waals surface area (Å²) in [6, 6.07) is 5.59. The molecule has 88 valence electrons. The molecule has 16 heavy (non-hydrogen) atoms. The van der Waals surface area contributed by atoms with E-state index in [0.29, 0.717) is 10.6 Å². The summed E-state index contributed by atoms with van der Waals surface area (Å²) in [5, 5.41) is 0.536.